The van der Waals surface area contributed by atoms with Crippen molar-refractivity contribution in [2.24, 2.45) is 10.9 Å². The fraction of sp³-hybridized carbons (Fsp3) is 0.391. The molecule has 33 heavy (non-hydrogen) atoms. The Labute approximate surface area is 192 Å². The Morgan fingerprint density at radius 2 is 1.94 bits per heavy atom. The smallest absolute Gasteiger partial charge is 0.319 e. The minimum absolute atomic E-state index is 0.116. The monoisotopic (exact) mass is 454 g/mol. The molecular formula is C23H30N6O4. The van der Waals surface area contributed by atoms with E-state index in [2.05, 4.69) is 25.5 Å². The summed E-state index contributed by atoms with van der Waals surface area (Å²) in [5.41, 5.74) is 2.04. The molecule has 1 aliphatic heterocycles. The number of H-pyrrole nitrogens is 1. The molecule has 0 atom stereocenters. The van der Waals surface area contributed by atoms with E-state index < -0.39 is 6.03 Å². The predicted molar refractivity (Wildman–Crippen MR) is 126 cm³/mol. The second-order valence-corrected chi connectivity index (χ2v) is 7.75. The highest BCUT2D eigenvalue weighted by Gasteiger charge is 2.18. The Morgan fingerprint density at radius 3 is 2.58 bits per heavy atom. The number of benzene rings is 1. The first-order valence-corrected chi connectivity index (χ1v) is 10.9. The Bertz CT molecular complexity index is 963. The highest BCUT2D eigenvalue weighted by atomic mass is 16.5. The third kappa shape index (κ3) is 7.18. The summed E-state index contributed by atoms with van der Waals surface area (Å²) in [6, 6.07) is 10.3. The Balaban J connectivity index is 1.56. The van der Waals surface area contributed by atoms with Crippen LogP contribution in [0.5, 0.6) is 0 Å². The van der Waals surface area contributed by atoms with Crippen molar-refractivity contribution in [1.29, 1.82) is 5.41 Å². The second kappa shape index (κ2) is 11.8. The van der Waals surface area contributed by atoms with E-state index in [1.165, 1.54) is 0 Å². The van der Waals surface area contributed by atoms with Crippen molar-refractivity contribution < 1.29 is 19.1 Å². The van der Waals surface area contributed by atoms with Crippen LogP contribution in [0.25, 0.3) is 0 Å². The van der Waals surface area contributed by atoms with Crippen molar-refractivity contribution >= 4 is 29.4 Å². The van der Waals surface area contributed by atoms with Crippen molar-refractivity contribution in [3.05, 3.63) is 53.9 Å². The number of esters is 1. The number of amidine groups is 2. The molecule has 2 aromatic rings. The third-order valence-corrected chi connectivity index (χ3v) is 4.89. The van der Waals surface area contributed by atoms with Gasteiger partial charge in [-0.3, -0.25) is 10.2 Å². The first-order valence-electron chi connectivity index (χ1n) is 10.9. The Morgan fingerprint density at radius 1 is 1.21 bits per heavy atom. The van der Waals surface area contributed by atoms with Gasteiger partial charge < -0.3 is 30.0 Å². The lowest BCUT2D eigenvalue weighted by atomic mass is 10.2. The first-order chi connectivity index (χ1) is 15.9. The van der Waals surface area contributed by atoms with E-state index in [0.29, 0.717) is 43.4 Å². The number of carbonyl (C=O) groups is 2. The van der Waals surface area contributed by atoms with Crippen LogP contribution < -0.4 is 10.6 Å². The molecule has 1 aromatic carbocycles. The molecule has 1 fully saturated rings. The summed E-state index contributed by atoms with van der Waals surface area (Å²) in [6.07, 6.45) is 1.83. The molecule has 176 valence electrons. The van der Waals surface area contributed by atoms with Crippen molar-refractivity contribution in [3.63, 3.8) is 0 Å². The van der Waals surface area contributed by atoms with Gasteiger partial charge in [0.05, 0.1) is 31.4 Å². The van der Waals surface area contributed by atoms with Crippen LogP contribution in [0.4, 0.5) is 10.5 Å². The van der Waals surface area contributed by atoms with Gasteiger partial charge in [0.15, 0.2) is 11.7 Å². The molecule has 1 saturated heterocycles. The minimum Gasteiger partial charge on any atom is -0.464 e. The summed E-state index contributed by atoms with van der Waals surface area (Å²) in [4.78, 5) is 33.3. The van der Waals surface area contributed by atoms with Crippen LogP contribution in [0.15, 0.2) is 47.6 Å². The number of aromatic amines is 1. The number of aromatic nitrogens is 1. The van der Waals surface area contributed by atoms with Gasteiger partial charge in [-0.15, -0.1) is 0 Å². The van der Waals surface area contributed by atoms with Gasteiger partial charge in [0.25, 0.3) is 0 Å². The zero-order valence-electron chi connectivity index (χ0n) is 18.9. The van der Waals surface area contributed by atoms with E-state index in [4.69, 9.17) is 14.9 Å². The van der Waals surface area contributed by atoms with Gasteiger partial charge >= 0.3 is 12.0 Å². The van der Waals surface area contributed by atoms with Gasteiger partial charge in [0.1, 0.15) is 6.61 Å². The van der Waals surface area contributed by atoms with Crippen LogP contribution >= 0.6 is 0 Å². The molecule has 1 aliphatic rings. The van der Waals surface area contributed by atoms with E-state index >= 15 is 0 Å². The Hall–Kier alpha value is -3.66. The van der Waals surface area contributed by atoms with E-state index in [-0.39, 0.29) is 30.9 Å². The summed E-state index contributed by atoms with van der Waals surface area (Å²) in [7, 11) is 0. The van der Waals surface area contributed by atoms with Crippen LogP contribution in [0.3, 0.4) is 0 Å². The van der Waals surface area contributed by atoms with Crippen LogP contribution in [-0.4, -0.2) is 73.0 Å². The summed E-state index contributed by atoms with van der Waals surface area (Å²) < 4.78 is 10.4. The molecule has 0 bridgehead atoms. The van der Waals surface area contributed by atoms with Crippen molar-refractivity contribution in [2.45, 2.75) is 13.8 Å². The van der Waals surface area contributed by atoms with Gasteiger partial charge in [-0.1, -0.05) is 13.8 Å². The summed E-state index contributed by atoms with van der Waals surface area (Å²) >= 11 is 0. The number of nitrogens with zero attached hydrogens (tertiary/aromatic N) is 2. The zero-order valence-corrected chi connectivity index (χ0v) is 18.9. The van der Waals surface area contributed by atoms with Crippen LogP contribution in [0.1, 0.15) is 25.1 Å². The summed E-state index contributed by atoms with van der Waals surface area (Å²) in [6.45, 7) is 6.49. The number of amides is 2. The number of anilines is 1. The molecule has 10 nitrogen and oxygen atoms in total. The van der Waals surface area contributed by atoms with E-state index in [1.54, 1.807) is 38.1 Å². The van der Waals surface area contributed by atoms with Crippen molar-refractivity contribution in [2.75, 3.05) is 44.8 Å². The topological polar surface area (TPSA) is 132 Å². The molecule has 10 heteroatoms. The molecule has 0 aliphatic carbocycles. The molecule has 1 aromatic heterocycles. The lowest BCUT2D eigenvalue weighted by Crippen LogP contribution is -2.41. The SMILES string of the molecule is CC(C)C(=O)OCCNC(=O)Nc1ccc(C(=N)N=C(c2ccc[nH]2)N2CCOCC2)cc1. The molecule has 4 N–H and O–H groups in total. The maximum Gasteiger partial charge on any atom is 0.319 e. The third-order valence-electron chi connectivity index (χ3n) is 4.89. The molecule has 0 unspecified atom stereocenters. The van der Waals surface area contributed by atoms with E-state index in [1.807, 2.05) is 18.3 Å². The number of rotatable bonds is 7. The largest absolute Gasteiger partial charge is 0.464 e. The van der Waals surface area contributed by atoms with Gasteiger partial charge in [0.2, 0.25) is 0 Å². The number of morpholine rings is 1. The number of aliphatic imine (C=N–C) groups is 1. The van der Waals surface area contributed by atoms with Crippen molar-refractivity contribution in [3.8, 4) is 0 Å². The van der Waals surface area contributed by atoms with E-state index in [9.17, 15) is 9.59 Å². The van der Waals surface area contributed by atoms with E-state index in [0.717, 1.165) is 5.69 Å². The predicted octanol–water partition coefficient (Wildman–Crippen LogP) is 2.44. The first kappa shape index (κ1) is 24.0. The second-order valence-electron chi connectivity index (χ2n) is 7.75. The van der Waals surface area contributed by atoms with Gasteiger partial charge in [-0.05, 0) is 36.4 Å². The van der Waals surface area contributed by atoms with Crippen LogP contribution in [0.2, 0.25) is 0 Å². The average Bonchev–Trinajstić information content (AvgIpc) is 3.35. The van der Waals surface area contributed by atoms with Gasteiger partial charge in [0, 0.05) is 30.5 Å². The highest BCUT2D eigenvalue weighted by molar-refractivity contribution is 6.09. The highest BCUT2D eigenvalue weighted by Crippen LogP contribution is 2.13. The lowest BCUT2D eigenvalue weighted by Gasteiger charge is -2.29. The molecule has 3 rings (SSSR count). The molecule has 0 spiro atoms. The lowest BCUT2D eigenvalue weighted by molar-refractivity contribution is -0.147. The zero-order chi connectivity index (χ0) is 23.6. The molecular weight excluding hydrogens is 424 g/mol. The number of hydrogen-bond donors (Lipinski definition) is 4. The minimum atomic E-state index is -0.405. The summed E-state index contributed by atoms with van der Waals surface area (Å²) in [5.74, 6) is 0.321. The number of hydrogen-bond acceptors (Lipinski definition) is 5. The molecule has 2 heterocycles. The number of ether oxygens (including phenoxy) is 2. The maximum atomic E-state index is 12.0. The number of carbonyl (C=O) groups excluding carboxylic acids is 2. The van der Waals surface area contributed by atoms with Gasteiger partial charge in [-0.2, -0.15) is 0 Å². The fourth-order valence-corrected chi connectivity index (χ4v) is 3.09. The standard InChI is InChI=1S/C23H30N6O4/c1-16(2)22(30)33-13-10-26-23(31)27-18-7-5-17(6-8-18)20(24)28-21(19-4-3-9-25-19)29-11-14-32-15-12-29/h3-9,16,24-25H,10-15H2,1-2H3,(H2,26,27,31). The Kier molecular flexibility index (Phi) is 8.59. The molecule has 0 radical (unpaired) electrons. The maximum absolute atomic E-state index is 12.0. The molecule has 2 amide bonds. The van der Waals surface area contributed by atoms with Crippen molar-refractivity contribution in [1.82, 2.24) is 15.2 Å². The fourth-order valence-electron chi connectivity index (χ4n) is 3.09. The normalized spacial score (nSPS) is 14.2. The molecule has 0 saturated carbocycles. The summed E-state index contributed by atoms with van der Waals surface area (Å²) in [5, 5.41) is 13.8. The number of nitrogens with one attached hydrogen (secondary N) is 4. The van der Waals surface area contributed by atoms with Crippen LogP contribution in [-0.2, 0) is 14.3 Å². The van der Waals surface area contributed by atoms with Crippen LogP contribution in [0, 0.1) is 11.3 Å². The quantitative estimate of drug-likeness (QED) is 0.221. The van der Waals surface area contributed by atoms with Gasteiger partial charge in [-0.25, -0.2) is 9.79 Å². The average molecular weight is 455 g/mol. The number of urea groups is 1.